The summed E-state index contributed by atoms with van der Waals surface area (Å²) in [4.78, 5) is 4.09. The molecule has 3 nitrogen and oxygen atoms in total. The highest BCUT2D eigenvalue weighted by atomic mass is 16.5. The van der Waals surface area contributed by atoms with E-state index < -0.39 is 0 Å². The summed E-state index contributed by atoms with van der Waals surface area (Å²) in [6.45, 7) is 1.90. The maximum atomic E-state index is 8.93. The van der Waals surface area contributed by atoms with Crippen LogP contribution in [0, 0.1) is 18.3 Å². The summed E-state index contributed by atoms with van der Waals surface area (Å²) in [7, 11) is 0. The first kappa shape index (κ1) is 9.01. The van der Waals surface area contributed by atoms with E-state index in [1.807, 2.05) is 13.0 Å². The van der Waals surface area contributed by atoms with Crippen molar-refractivity contribution in [3.05, 3.63) is 23.4 Å². The minimum atomic E-state index is 0.274. The van der Waals surface area contributed by atoms with Crippen LogP contribution >= 0.6 is 0 Å². The van der Waals surface area contributed by atoms with Crippen molar-refractivity contribution in [3.63, 3.8) is 0 Å². The van der Waals surface area contributed by atoms with Gasteiger partial charge in [-0.3, -0.25) is 0 Å². The molecule has 1 aliphatic rings. The van der Waals surface area contributed by atoms with Gasteiger partial charge in [0.1, 0.15) is 17.7 Å². The minimum absolute atomic E-state index is 0.274. The summed E-state index contributed by atoms with van der Waals surface area (Å²) < 4.78 is 5.62. The SMILES string of the molecule is Cc1ccnc(OC2CCC2)c1C#N. The molecule has 1 saturated carbocycles. The number of nitrogens with zero attached hydrogens (tertiary/aromatic N) is 2. The van der Waals surface area contributed by atoms with E-state index in [-0.39, 0.29) is 6.10 Å². The van der Waals surface area contributed by atoms with Gasteiger partial charge in [0, 0.05) is 6.20 Å². The monoisotopic (exact) mass is 188 g/mol. The molecule has 0 bridgehead atoms. The summed E-state index contributed by atoms with van der Waals surface area (Å²) >= 11 is 0. The van der Waals surface area contributed by atoms with E-state index in [4.69, 9.17) is 10.00 Å². The first-order chi connectivity index (χ1) is 6.81. The molecule has 2 rings (SSSR count). The van der Waals surface area contributed by atoms with Crippen LogP contribution in [0.15, 0.2) is 12.3 Å². The number of nitriles is 1. The Morgan fingerprint density at radius 2 is 2.36 bits per heavy atom. The van der Waals surface area contributed by atoms with Gasteiger partial charge < -0.3 is 4.74 Å². The minimum Gasteiger partial charge on any atom is -0.473 e. The first-order valence-electron chi connectivity index (χ1n) is 4.83. The van der Waals surface area contributed by atoms with Gasteiger partial charge in [-0.1, -0.05) is 0 Å². The van der Waals surface area contributed by atoms with E-state index >= 15 is 0 Å². The van der Waals surface area contributed by atoms with Gasteiger partial charge >= 0.3 is 0 Å². The van der Waals surface area contributed by atoms with Crippen molar-refractivity contribution in [1.29, 1.82) is 5.26 Å². The second-order valence-electron chi connectivity index (χ2n) is 3.59. The van der Waals surface area contributed by atoms with Gasteiger partial charge in [0.25, 0.3) is 0 Å². The zero-order valence-electron chi connectivity index (χ0n) is 8.16. The highest BCUT2D eigenvalue weighted by Crippen LogP contribution is 2.26. The Hall–Kier alpha value is -1.56. The Kier molecular flexibility index (Phi) is 2.36. The number of rotatable bonds is 2. The molecule has 0 radical (unpaired) electrons. The molecule has 0 N–H and O–H groups in total. The van der Waals surface area contributed by atoms with Crippen LogP contribution in [-0.4, -0.2) is 11.1 Å². The number of aromatic nitrogens is 1. The molecular weight excluding hydrogens is 176 g/mol. The number of hydrogen-bond donors (Lipinski definition) is 0. The van der Waals surface area contributed by atoms with Crippen molar-refractivity contribution in [2.75, 3.05) is 0 Å². The van der Waals surface area contributed by atoms with Crippen molar-refractivity contribution in [3.8, 4) is 11.9 Å². The predicted octanol–water partition coefficient (Wildman–Crippen LogP) is 2.19. The molecule has 1 aromatic heterocycles. The van der Waals surface area contributed by atoms with Gasteiger partial charge in [0.15, 0.2) is 0 Å². The zero-order chi connectivity index (χ0) is 9.97. The van der Waals surface area contributed by atoms with Gasteiger partial charge in [-0.25, -0.2) is 4.98 Å². The van der Waals surface area contributed by atoms with Crippen LogP contribution in [0.3, 0.4) is 0 Å². The lowest BCUT2D eigenvalue weighted by Gasteiger charge is -2.26. The Balaban J connectivity index is 2.23. The first-order valence-corrected chi connectivity index (χ1v) is 4.83. The quantitative estimate of drug-likeness (QED) is 0.714. The van der Waals surface area contributed by atoms with Crippen molar-refractivity contribution in [2.45, 2.75) is 32.3 Å². The predicted molar refractivity (Wildman–Crippen MR) is 52.0 cm³/mol. The van der Waals surface area contributed by atoms with Crippen molar-refractivity contribution in [2.24, 2.45) is 0 Å². The van der Waals surface area contributed by atoms with Crippen LogP contribution in [-0.2, 0) is 0 Å². The average molecular weight is 188 g/mol. The number of hydrogen-bond acceptors (Lipinski definition) is 3. The van der Waals surface area contributed by atoms with Crippen LogP contribution in [0.25, 0.3) is 0 Å². The second kappa shape index (κ2) is 3.67. The molecule has 1 aliphatic carbocycles. The van der Waals surface area contributed by atoms with Crippen molar-refractivity contribution in [1.82, 2.24) is 4.98 Å². The fourth-order valence-electron chi connectivity index (χ4n) is 1.41. The Morgan fingerprint density at radius 3 is 2.93 bits per heavy atom. The largest absolute Gasteiger partial charge is 0.473 e. The summed E-state index contributed by atoms with van der Waals surface area (Å²) in [6.07, 6.45) is 5.35. The fraction of sp³-hybridized carbons (Fsp3) is 0.455. The summed E-state index contributed by atoms with van der Waals surface area (Å²) in [5.74, 6) is 0.497. The Labute approximate surface area is 83.3 Å². The van der Waals surface area contributed by atoms with Crippen LogP contribution in [0.1, 0.15) is 30.4 Å². The van der Waals surface area contributed by atoms with E-state index in [1.54, 1.807) is 6.20 Å². The molecule has 0 atom stereocenters. The smallest absolute Gasteiger partial charge is 0.232 e. The van der Waals surface area contributed by atoms with E-state index in [1.165, 1.54) is 6.42 Å². The third kappa shape index (κ3) is 1.56. The third-order valence-electron chi connectivity index (χ3n) is 2.57. The second-order valence-corrected chi connectivity index (χ2v) is 3.59. The van der Waals surface area contributed by atoms with Gasteiger partial charge in [-0.2, -0.15) is 5.26 Å². The number of ether oxygens (including phenoxy) is 1. The number of aryl methyl sites for hydroxylation is 1. The van der Waals surface area contributed by atoms with Crippen molar-refractivity contribution < 1.29 is 4.74 Å². The molecule has 0 saturated heterocycles. The molecular formula is C11H12N2O. The Bertz CT molecular complexity index is 377. The molecule has 1 heterocycles. The van der Waals surface area contributed by atoms with Gasteiger partial charge in [0.2, 0.25) is 5.88 Å². The lowest BCUT2D eigenvalue weighted by molar-refractivity contribution is 0.114. The van der Waals surface area contributed by atoms with Crippen LogP contribution in [0.2, 0.25) is 0 Å². The molecule has 72 valence electrons. The molecule has 1 fully saturated rings. The van der Waals surface area contributed by atoms with E-state index in [0.29, 0.717) is 11.4 Å². The molecule has 0 amide bonds. The fourth-order valence-corrected chi connectivity index (χ4v) is 1.41. The van der Waals surface area contributed by atoms with Crippen LogP contribution in [0.4, 0.5) is 0 Å². The van der Waals surface area contributed by atoms with Crippen LogP contribution in [0.5, 0.6) is 5.88 Å². The van der Waals surface area contributed by atoms with Crippen molar-refractivity contribution >= 4 is 0 Å². The zero-order valence-corrected chi connectivity index (χ0v) is 8.16. The van der Waals surface area contributed by atoms with Gasteiger partial charge in [0.05, 0.1) is 0 Å². The molecule has 3 heteroatoms. The average Bonchev–Trinajstić information content (AvgIpc) is 2.11. The van der Waals surface area contributed by atoms with E-state index in [0.717, 1.165) is 18.4 Å². The summed E-state index contributed by atoms with van der Waals surface area (Å²) in [5, 5.41) is 8.93. The van der Waals surface area contributed by atoms with Crippen LogP contribution < -0.4 is 4.74 Å². The van der Waals surface area contributed by atoms with Gasteiger partial charge in [-0.15, -0.1) is 0 Å². The lowest BCUT2D eigenvalue weighted by atomic mass is 9.96. The maximum absolute atomic E-state index is 8.93. The maximum Gasteiger partial charge on any atom is 0.232 e. The molecule has 0 aromatic carbocycles. The molecule has 0 unspecified atom stereocenters. The van der Waals surface area contributed by atoms with E-state index in [9.17, 15) is 0 Å². The lowest BCUT2D eigenvalue weighted by Crippen LogP contribution is -2.25. The molecule has 14 heavy (non-hydrogen) atoms. The highest BCUT2D eigenvalue weighted by Gasteiger charge is 2.21. The third-order valence-corrected chi connectivity index (χ3v) is 2.57. The number of pyridine rings is 1. The van der Waals surface area contributed by atoms with Gasteiger partial charge in [-0.05, 0) is 37.8 Å². The highest BCUT2D eigenvalue weighted by molar-refractivity contribution is 5.43. The molecule has 0 aliphatic heterocycles. The molecule has 1 aromatic rings. The normalized spacial score (nSPS) is 15.7. The molecule has 0 spiro atoms. The topological polar surface area (TPSA) is 45.9 Å². The summed E-state index contributed by atoms with van der Waals surface area (Å²) in [5.41, 5.74) is 1.50. The van der Waals surface area contributed by atoms with E-state index in [2.05, 4.69) is 11.1 Å². The summed E-state index contributed by atoms with van der Waals surface area (Å²) in [6, 6.07) is 3.96. The standard InChI is InChI=1S/C11H12N2O/c1-8-5-6-13-11(10(8)7-12)14-9-3-2-4-9/h5-6,9H,2-4H2,1H3. The Morgan fingerprint density at radius 1 is 1.57 bits per heavy atom.